The minimum atomic E-state index is 0.743. The van der Waals surface area contributed by atoms with E-state index in [2.05, 4.69) is 49.4 Å². The summed E-state index contributed by atoms with van der Waals surface area (Å²) < 4.78 is 0. The van der Waals surface area contributed by atoms with Gasteiger partial charge in [-0.2, -0.15) is 5.26 Å². The molecule has 2 fully saturated rings. The molecule has 2 aromatic rings. The van der Waals surface area contributed by atoms with Gasteiger partial charge in [0, 0.05) is 0 Å². The molecule has 1 nitrogen and oxygen atoms in total. The van der Waals surface area contributed by atoms with Crippen LogP contribution in [0.3, 0.4) is 0 Å². The largest absolute Gasteiger partial charge is 0.192 e. The zero-order valence-electron chi connectivity index (χ0n) is 19.4. The molecule has 0 atom stereocenters. The fraction of sp³-hybridized carbons (Fsp3) is 0.567. The lowest BCUT2D eigenvalue weighted by molar-refractivity contribution is 0.156. The van der Waals surface area contributed by atoms with Crippen LogP contribution in [0.1, 0.15) is 99.3 Å². The molecular weight excluding hydrogens is 374 g/mol. The van der Waals surface area contributed by atoms with Crippen molar-refractivity contribution in [3.05, 3.63) is 70.8 Å². The number of hydrogen-bond donors (Lipinski definition) is 0. The van der Waals surface area contributed by atoms with Crippen molar-refractivity contribution < 1.29 is 0 Å². The SMILES string of the molecule is CCC[C@H]1CC[C@H]([C@H]2CC[C@H](c3ccc(CCc4ccc(C#N)cc4)cc3)CC2)CC1. The molecule has 31 heavy (non-hydrogen) atoms. The van der Waals surface area contributed by atoms with Gasteiger partial charge in [0.1, 0.15) is 0 Å². The highest BCUT2D eigenvalue weighted by molar-refractivity contribution is 5.32. The molecule has 0 aromatic heterocycles. The summed E-state index contributed by atoms with van der Waals surface area (Å²) in [5, 5.41) is 8.93. The summed E-state index contributed by atoms with van der Waals surface area (Å²) in [6.07, 6.45) is 16.7. The monoisotopic (exact) mass is 413 g/mol. The first-order valence-corrected chi connectivity index (χ1v) is 12.8. The summed E-state index contributed by atoms with van der Waals surface area (Å²) in [5.41, 5.74) is 5.04. The predicted octanol–water partition coefficient (Wildman–Crippen LogP) is 8.22. The van der Waals surface area contributed by atoms with Gasteiger partial charge in [0.05, 0.1) is 11.6 Å². The summed E-state index contributed by atoms with van der Waals surface area (Å²) >= 11 is 0. The van der Waals surface area contributed by atoms with Crippen molar-refractivity contribution in [1.82, 2.24) is 0 Å². The van der Waals surface area contributed by atoms with Crippen LogP contribution in [0.4, 0.5) is 0 Å². The van der Waals surface area contributed by atoms with Crippen LogP contribution in [-0.2, 0) is 12.8 Å². The van der Waals surface area contributed by atoms with E-state index in [0.717, 1.165) is 42.1 Å². The maximum atomic E-state index is 8.93. The van der Waals surface area contributed by atoms with Gasteiger partial charge in [-0.25, -0.2) is 0 Å². The Morgan fingerprint density at radius 3 is 1.74 bits per heavy atom. The molecule has 0 N–H and O–H groups in total. The Morgan fingerprint density at radius 1 is 0.710 bits per heavy atom. The van der Waals surface area contributed by atoms with Gasteiger partial charge in [0.25, 0.3) is 0 Å². The first-order chi connectivity index (χ1) is 15.2. The molecule has 164 valence electrons. The maximum absolute atomic E-state index is 8.93. The zero-order valence-corrected chi connectivity index (χ0v) is 19.4. The Morgan fingerprint density at radius 2 is 1.23 bits per heavy atom. The lowest BCUT2D eigenvalue weighted by Crippen LogP contribution is -2.25. The second-order valence-corrected chi connectivity index (χ2v) is 10.2. The number of benzene rings is 2. The van der Waals surface area contributed by atoms with Gasteiger partial charge in [-0.1, -0.05) is 69.0 Å². The van der Waals surface area contributed by atoms with Crippen molar-refractivity contribution in [2.75, 3.05) is 0 Å². The van der Waals surface area contributed by atoms with Crippen molar-refractivity contribution in [1.29, 1.82) is 5.26 Å². The lowest BCUT2D eigenvalue weighted by atomic mass is 9.68. The van der Waals surface area contributed by atoms with Gasteiger partial charge in [0.15, 0.2) is 0 Å². The van der Waals surface area contributed by atoms with Crippen LogP contribution < -0.4 is 0 Å². The van der Waals surface area contributed by atoms with E-state index in [0.29, 0.717) is 0 Å². The predicted molar refractivity (Wildman–Crippen MR) is 130 cm³/mol. The Labute approximate surface area is 189 Å². The first-order valence-electron chi connectivity index (χ1n) is 12.8. The van der Waals surface area contributed by atoms with Gasteiger partial charge < -0.3 is 0 Å². The number of nitrogens with zero attached hydrogens (tertiary/aromatic N) is 1. The van der Waals surface area contributed by atoms with Crippen LogP contribution >= 0.6 is 0 Å². The Bertz CT molecular complexity index is 825. The summed E-state index contributed by atoms with van der Waals surface area (Å²) in [4.78, 5) is 0. The number of hydrogen-bond acceptors (Lipinski definition) is 1. The van der Waals surface area contributed by atoms with Gasteiger partial charge >= 0.3 is 0 Å². The third-order valence-electron chi connectivity index (χ3n) is 8.26. The van der Waals surface area contributed by atoms with E-state index in [4.69, 9.17) is 5.26 Å². The quantitative estimate of drug-likeness (QED) is 0.448. The number of aryl methyl sites for hydroxylation is 2. The van der Waals surface area contributed by atoms with E-state index in [1.54, 1.807) is 5.56 Å². The second-order valence-electron chi connectivity index (χ2n) is 10.2. The molecule has 0 radical (unpaired) electrons. The van der Waals surface area contributed by atoms with Gasteiger partial charge in [-0.15, -0.1) is 0 Å². The van der Waals surface area contributed by atoms with Gasteiger partial charge in [0.2, 0.25) is 0 Å². The van der Waals surface area contributed by atoms with Crippen molar-refractivity contribution in [2.24, 2.45) is 17.8 Å². The van der Waals surface area contributed by atoms with E-state index in [9.17, 15) is 0 Å². The minimum absolute atomic E-state index is 0.743. The summed E-state index contributed by atoms with van der Waals surface area (Å²) in [6.45, 7) is 2.34. The van der Waals surface area contributed by atoms with Crippen LogP contribution in [0.15, 0.2) is 48.5 Å². The standard InChI is InChI=1S/C30H39N/c1-2-3-23-10-14-27(15-11-23)29-18-20-30(21-19-29)28-16-12-25(13-17-28)5-4-24-6-8-26(22-31)9-7-24/h6-9,12-13,16-17,23,27,29-30H,2-5,10-11,14-15,18-21H2,1H3/t23-,27-,29-,30-. The van der Waals surface area contributed by atoms with E-state index in [1.165, 1.54) is 75.3 Å². The first kappa shape index (κ1) is 22.1. The highest BCUT2D eigenvalue weighted by atomic mass is 14.4. The van der Waals surface area contributed by atoms with E-state index in [-0.39, 0.29) is 0 Å². The van der Waals surface area contributed by atoms with Crippen molar-refractivity contribution in [3.63, 3.8) is 0 Å². The minimum Gasteiger partial charge on any atom is -0.192 e. The molecule has 2 saturated carbocycles. The molecule has 2 aromatic carbocycles. The molecule has 0 aliphatic heterocycles. The average molecular weight is 414 g/mol. The van der Waals surface area contributed by atoms with Gasteiger partial charge in [-0.3, -0.25) is 0 Å². The molecule has 2 aliphatic carbocycles. The Hall–Kier alpha value is -2.07. The zero-order chi connectivity index (χ0) is 21.5. The smallest absolute Gasteiger partial charge is 0.0991 e. The topological polar surface area (TPSA) is 23.8 Å². The molecule has 0 amide bonds. The van der Waals surface area contributed by atoms with E-state index in [1.807, 2.05) is 12.1 Å². The second kappa shape index (κ2) is 11.0. The molecule has 0 bridgehead atoms. The van der Waals surface area contributed by atoms with Crippen LogP contribution in [0.2, 0.25) is 0 Å². The molecule has 0 spiro atoms. The van der Waals surface area contributed by atoms with Crippen LogP contribution in [0.5, 0.6) is 0 Å². The fourth-order valence-electron chi connectivity index (χ4n) is 6.27. The summed E-state index contributed by atoms with van der Waals surface area (Å²) in [7, 11) is 0. The van der Waals surface area contributed by atoms with Crippen molar-refractivity contribution in [3.8, 4) is 6.07 Å². The molecule has 2 aliphatic rings. The molecule has 0 saturated heterocycles. The van der Waals surface area contributed by atoms with E-state index < -0.39 is 0 Å². The summed E-state index contributed by atoms with van der Waals surface area (Å²) in [6, 6.07) is 19.7. The van der Waals surface area contributed by atoms with Gasteiger partial charge in [-0.05, 0) is 104 Å². The lowest BCUT2D eigenvalue weighted by Gasteiger charge is -2.38. The Balaban J connectivity index is 1.22. The highest BCUT2D eigenvalue weighted by Crippen LogP contribution is 2.44. The molecular formula is C30H39N. The fourth-order valence-corrected chi connectivity index (χ4v) is 6.27. The molecule has 1 heteroatoms. The molecule has 0 unspecified atom stereocenters. The molecule has 0 heterocycles. The van der Waals surface area contributed by atoms with Crippen LogP contribution in [0, 0.1) is 29.1 Å². The van der Waals surface area contributed by atoms with Crippen molar-refractivity contribution in [2.45, 2.75) is 89.9 Å². The van der Waals surface area contributed by atoms with Crippen LogP contribution in [0.25, 0.3) is 0 Å². The van der Waals surface area contributed by atoms with Crippen molar-refractivity contribution >= 4 is 0 Å². The Kier molecular flexibility index (Phi) is 7.85. The maximum Gasteiger partial charge on any atom is 0.0991 e. The molecule has 4 rings (SSSR count). The third-order valence-corrected chi connectivity index (χ3v) is 8.26. The van der Waals surface area contributed by atoms with E-state index >= 15 is 0 Å². The number of nitriles is 1. The average Bonchev–Trinajstić information content (AvgIpc) is 2.84. The third kappa shape index (κ3) is 6.00. The normalized spacial score (nSPS) is 26.3. The number of rotatable bonds is 7. The summed E-state index contributed by atoms with van der Waals surface area (Å²) in [5.74, 6) is 3.84. The van der Waals surface area contributed by atoms with Crippen LogP contribution in [-0.4, -0.2) is 0 Å². The highest BCUT2D eigenvalue weighted by Gasteiger charge is 2.31.